The summed E-state index contributed by atoms with van der Waals surface area (Å²) < 4.78 is 5.84. The first-order chi connectivity index (χ1) is 17.9. The van der Waals surface area contributed by atoms with Crippen molar-refractivity contribution in [3.63, 3.8) is 0 Å². The number of nitrogens with one attached hydrogen (secondary N) is 3. The van der Waals surface area contributed by atoms with E-state index in [0.717, 1.165) is 56.6 Å². The second kappa shape index (κ2) is 12.0. The van der Waals surface area contributed by atoms with Crippen LogP contribution in [-0.4, -0.2) is 54.5 Å². The minimum absolute atomic E-state index is 0.0652. The highest BCUT2D eigenvalue weighted by Crippen LogP contribution is 2.37. The van der Waals surface area contributed by atoms with Gasteiger partial charge in [-0.15, -0.1) is 0 Å². The van der Waals surface area contributed by atoms with E-state index >= 15 is 0 Å². The molecule has 3 saturated heterocycles. The van der Waals surface area contributed by atoms with Crippen LogP contribution in [0.15, 0.2) is 42.5 Å². The van der Waals surface area contributed by atoms with E-state index in [1.807, 2.05) is 12.1 Å². The number of carbonyl (C=O) groups excluding carboxylic acids is 2. The first kappa shape index (κ1) is 26.3. The monoisotopic (exact) mass is 544 g/mol. The zero-order valence-electron chi connectivity index (χ0n) is 20.8. The molecule has 2 aromatic rings. The molecule has 0 spiro atoms. The smallest absolute Gasteiger partial charge is 0.258 e. The summed E-state index contributed by atoms with van der Waals surface area (Å²) in [6, 6.07) is 14.2. The summed E-state index contributed by atoms with van der Waals surface area (Å²) in [5, 5.41) is 10.6. The fourth-order valence-electron chi connectivity index (χ4n) is 5.90. The van der Waals surface area contributed by atoms with Crippen molar-refractivity contribution < 1.29 is 14.3 Å². The molecule has 2 amide bonds. The van der Waals surface area contributed by atoms with Crippen LogP contribution in [0.1, 0.15) is 44.1 Å². The third-order valence-electron chi connectivity index (χ3n) is 7.75. The lowest BCUT2D eigenvalue weighted by Gasteiger charge is -2.39. The van der Waals surface area contributed by atoms with Crippen molar-refractivity contribution in [1.29, 1.82) is 0 Å². The van der Waals surface area contributed by atoms with Crippen molar-refractivity contribution in [1.82, 2.24) is 15.5 Å². The number of benzene rings is 2. The maximum Gasteiger partial charge on any atom is 0.258 e. The fourth-order valence-corrected chi connectivity index (χ4v) is 6.20. The van der Waals surface area contributed by atoms with Crippen molar-refractivity contribution in [2.24, 2.45) is 5.92 Å². The predicted molar refractivity (Wildman–Crippen MR) is 146 cm³/mol. The highest BCUT2D eigenvalue weighted by Gasteiger charge is 2.40. The maximum absolute atomic E-state index is 12.8. The molecule has 7 nitrogen and oxygen atoms in total. The molecule has 2 bridgehead atoms. The molecule has 3 heterocycles. The Labute approximate surface area is 228 Å². The zero-order valence-corrected chi connectivity index (χ0v) is 22.4. The Morgan fingerprint density at radius 3 is 2.43 bits per heavy atom. The normalized spacial score (nSPS) is 25.5. The average Bonchev–Trinajstić information content (AvgIpc) is 3.12. The second-order valence-electron chi connectivity index (χ2n) is 10.4. The number of halogens is 2. The van der Waals surface area contributed by atoms with Crippen LogP contribution < -0.4 is 20.7 Å². The van der Waals surface area contributed by atoms with E-state index < -0.39 is 0 Å². The van der Waals surface area contributed by atoms with Crippen LogP contribution in [0.2, 0.25) is 10.0 Å². The molecule has 3 aliphatic heterocycles. The number of carbonyl (C=O) groups is 2. The van der Waals surface area contributed by atoms with Crippen molar-refractivity contribution in [2.75, 3.05) is 25.0 Å². The highest BCUT2D eigenvalue weighted by atomic mass is 35.5. The number of nitrogens with zero attached hydrogens (tertiary/aromatic N) is 1. The number of amides is 2. The summed E-state index contributed by atoms with van der Waals surface area (Å²) in [7, 11) is 0. The van der Waals surface area contributed by atoms with Crippen molar-refractivity contribution in [2.45, 2.75) is 63.2 Å². The molecule has 0 aromatic heterocycles. The SMILES string of the molecule is O=C(COc1ccc(Cl)cc1NC(=O)C1CCCNC1)NC1C[C@H]2CC[C@@H](C1)N2Cc1ccc(Cl)cc1. The summed E-state index contributed by atoms with van der Waals surface area (Å²) in [5.41, 5.74) is 1.76. The molecule has 0 aliphatic carbocycles. The van der Waals surface area contributed by atoms with Gasteiger partial charge < -0.3 is 20.7 Å². The summed E-state index contributed by atoms with van der Waals surface area (Å²) >= 11 is 12.2. The van der Waals surface area contributed by atoms with E-state index in [1.54, 1.807) is 18.2 Å². The average molecular weight is 546 g/mol. The lowest BCUT2D eigenvalue weighted by molar-refractivity contribution is -0.124. The maximum atomic E-state index is 12.8. The van der Waals surface area contributed by atoms with Gasteiger partial charge >= 0.3 is 0 Å². The van der Waals surface area contributed by atoms with Gasteiger partial charge in [0.25, 0.3) is 5.91 Å². The molecule has 2 aromatic carbocycles. The van der Waals surface area contributed by atoms with Crippen LogP contribution in [-0.2, 0) is 16.1 Å². The summed E-state index contributed by atoms with van der Waals surface area (Å²) in [4.78, 5) is 28.1. The molecule has 9 heteroatoms. The van der Waals surface area contributed by atoms with E-state index in [9.17, 15) is 9.59 Å². The largest absolute Gasteiger partial charge is 0.482 e. The van der Waals surface area contributed by atoms with Crippen molar-refractivity contribution >= 4 is 40.7 Å². The molecule has 4 atom stereocenters. The van der Waals surface area contributed by atoms with Gasteiger partial charge in [-0.1, -0.05) is 35.3 Å². The van der Waals surface area contributed by atoms with Gasteiger partial charge in [0.05, 0.1) is 11.6 Å². The minimum Gasteiger partial charge on any atom is -0.482 e. The summed E-state index contributed by atoms with van der Waals surface area (Å²) in [6.45, 7) is 2.40. The molecule has 5 rings (SSSR count). The Balaban J connectivity index is 1.12. The van der Waals surface area contributed by atoms with Gasteiger partial charge in [0.1, 0.15) is 5.75 Å². The molecule has 3 fully saturated rings. The van der Waals surface area contributed by atoms with Crippen LogP contribution in [0.5, 0.6) is 5.75 Å². The highest BCUT2D eigenvalue weighted by molar-refractivity contribution is 6.31. The molecule has 3 N–H and O–H groups in total. The van der Waals surface area contributed by atoms with Crippen LogP contribution in [0.4, 0.5) is 5.69 Å². The van der Waals surface area contributed by atoms with Gasteiger partial charge in [-0.3, -0.25) is 14.5 Å². The van der Waals surface area contributed by atoms with Crippen molar-refractivity contribution in [3.05, 3.63) is 58.1 Å². The lowest BCUT2D eigenvalue weighted by Crippen LogP contribution is -2.50. The second-order valence-corrected chi connectivity index (χ2v) is 11.3. The Bertz CT molecular complexity index is 1090. The van der Waals surface area contributed by atoms with Gasteiger partial charge in [-0.25, -0.2) is 0 Å². The molecule has 37 heavy (non-hydrogen) atoms. The quantitative estimate of drug-likeness (QED) is 0.451. The molecule has 3 aliphatic rings. The Kier molecular flexibility index (Phi) is 8.55. The molecular formula is C28H34Cl2N4O3. The molecule has 198 valence electrons. The number of fused-ring (bicyclic) bond motifs is 2. The summed E-state index contributed by atoms with van der Waals surface area (Å²) in [5.74, 6) is 0.128. The number of ether oxygens (including phenoxy) is 1. The Morgan fingerprint density at radius 2 is 1.73 bits per heavy atom. The number of hydrogen-bond donors (Lipinski definition) is 3. The van der Waals surface area contributed by atoms with Gasteiger partial charge in [-0.05, 0) is 81.0 Å². The van der Waals surface area contributed by atoms with Gasteiger partial charge in [0.15, 0.2) is 6.61 Å². The van der Waals surface area contributed by atoms with Gasteiger partial charge in [-0.2, -0.15) is 0 Å². The predicted octanol–water partition coefficient (Wildman–Crippen LogP) is 4.62. The Hall–Kier alpha value is -2.32. The van der Waals surface area contributed by atoms with Crippen LogP contribution >= 0.6 is 23.2 Å². The number of piperidine rings is 2. The molecule has 0 radical (unpaired) electrons. The number of hydrogen-bond acceptors (Lipinski definition) is 5. The standard InChI is InChI=1S/C28H34Cl2N4O3/c29-20-5-3-18(4-6-20)16-34-23-8-9-24(34)14-22(13-23)32-27(35)17-37-26-10-7-21(30)12-25(26)33-28(36)19-2-1-11-31-15-19/h3-7,10,12,19,22-24,31H,1-2,8-9,11,13-17H2,(H,32,35)(H,33,36)/t19?,22?,23-,24+. The molecular weight excluding hydrogens is 511 g/mol. The van der Waals surface area contributed by atoms with Gasteiger partial charge in [0.2, 0.25) is 5.91 Å². The van der Waals surface area contributed by atoms with Crippen LogP contribution in [0.3, 0.4) is 0 Å². The van der Waals surface area contributed by atoms with E-state index in [2.05, 4.69) is 33.0 Å². The van der Waals surface area contributed by atoms with E-state index in [-0.39, 0.29) is 30.4 Å². The lowest BCUT2D eigenvalue weighted by atomic mass is 9.96. The van der Waals surface area contributed by atoms with Crippen LogP contribution in [0.25, 0.3) is 0 Å². The van der Waals surface area contributed by atoms with E-state index in [4.69, 9.17) is 27.9 Å². The summed E-state index contributed by atoms with van der Waals surface area (Å²) in [6.07, 6.45) is 6.01. The third kappa shape index (κ3) is 6.77. The first-order valence-electron chi connectivity index (χ1n) is 13.2. The van der Waals surface area contributed by atoms with E-state index in [0.29, 0.717) is 35.1 Å². The molecule has 0 saturated carbocycles. The van der Waals surface area contributed by atoms with Crippen molar-refractivity contribution in [3.8, 4) is 5.75 Å². The van der Waals surface area contributed by atoms with Crippen LogP contribution in [0, 0.1) is 5.92 Å². The third-order valence-corrected chi connectivity index (χ3v) is 8.24. The first-order valence-corrected chi connectivity index (χ1v) is 13.9. The minimum atomic E-state index is -0.153. The van der Waals surface area contributed by atoms with E-state index in [1.165, 1.54) is 5.56 Å². The molecule has 2 unspecified atom stereocenters. The number of rotatable bonds is 8. The Morgan fingerprint density at radius 1 is 1.00 bits per heavy atom. The zero-order chi connectivity index (χ0) is 25.8. The topological polar surface area (TPSA) is 82.7 Å². The van der Waals surface area contributed by atoms with Gasteiger partial charge in [0, 0.05) is 41.3 Å². The number of anilines is 1. The fraction of sp³-hybridized carbons (Fsp3) is 0.500.